The second kappa shape index (κ2) is 6.34. The third kappa shape index (κ3) is 4.73. The molecule has 0 saturated carbocycles. The van der Waals surface area contributed by atoms with E-state index in [0.29, 0.717) is 5.11 Å². The summed E-state index contributed by atoms with van der Waals surface area (Å²) in [6.45, 7) is -0.0455. The zero-order chi connectivity index (χ0) is 11.1. The first-order chi connectivity index (χ1) is 7.22. The maximum atomic E-state index is 9.07. The first-order valence-corrected chi connectivity index (χ1v) is 5.02. The van der Waals surface area contributed by atoms with Crippen LogP contribution in [0.4, 0.5) is 5.69 Å². The molecule has 82 valence electrons. The van der Waals surface area contributed by atoms with Crippen molar-refractivity contribution in [2.75, 3.05) is 18.5 Å². The van der Waals surface area contributed by atoms with E-state index in [1.807, 2.05) is 30.3 Å². The molecule has 0 spiro atoms. The van der Waals surface area contributed by atoms with Crippen molar-refractivity contribution >= 4 is 23.0 Å². The average Bonchev–Trinajstić information content (AvgIpc) is 2.27. The van der Waals surface area contributed by atoms with Gasteiger partial charge in [-0.1, -0.05) is 18.2 Å². The molecule has 0 bridgehead atoms. The molecular formula is C10H14N2O2S. The summed E-state index contributed by atoms with van der Waals surface area (Å²) in [5.41, 5.74) is 0.883. The molecule has 1 aromatic carbocycles. The normalized spacial score (nSPS) is 11.9. The van der Waals surface area contributed by atoms with E-state index >= 15 is 0 Å². The maximum Gasteiger partial charge on any atom is 0.170 e. The van der Waals surface area contributed by atoms with Gasteiger partial charge < -0.3 is 20.8 Å². The molecule has 4 nitrogen and oxygen atoms in total. The molecule has 0 radical (unpaired) electrons. The van der Waals surface area contributed by atoms with Crippen LogP contribution in [0.15, 0.2) is 30.3 Å². The molecule has 1 unspecified atom stereocenters. The predicted octanol–water partition coefficient (Wildman–Crippen LogP) is 0.326. The Morgan fingerprint density at radius 1 is 1.33 bits per heavy atom. The summed E-state index contributed by atoms with van der Waals surface area (Å²) in [5.74, 6) is 0. The van der Waals surface area contributed by atoms with Gasteiger partial charge in [-0.3, -0.25) is 0 Å². The van der Waals surface area contributed by atoms with Gasteiger partial charge in [-0.25, -0.2) is 0 Å². The molecule has 1 rings (SSSR count). The van der Waals surface area contributed by atoms with Crippen LogP contribution in [0.5, 0.6) is 0 Å². The summed E-state index contributed by atoms with van der Waals surface area (Å²) in [4.78, 5) is 0. The Morgan fingerprint density at radius 2 is 2.00 bits per heavy atom. The molecule has 0 saturated heterocycles. The minimum atomic E-state index is -0.791. The van der Waals surface area contributed by atoms with Gasteiger partial charge in [-0.2, -0.15) is 0 Å². The van der Waals surface area contributed by atoms with Gasteiger partial charge in [0.15, 0.2) is 5.11 Å². The minimum absolute atomic E-state index is 0.231. The molecule has 0 heterocycles. The first kappa shape index (κ1) is 11.9. The lowest BCUT2D eigenvalue weighted by molar-refractivity contribution is 0.0984. The van der Waals surface area contributed by atoms with Gasteiger partial charge in [-0.15, -0.1) is 0 Å². The van der Waals surface area contributed by atoms with Gasteiger partial charge in [0.2, 0.25) is 0 Å². The number of para-hydroxylation sites is 1. The second-order valence-corrected chi connectivity index (χ2v) is 3.45. The molecule has 1 atom stereocenters. The molecular weight excluding hydrogens is 212 g/mol. The summed E-state index contributed by atoms with van der Waals surface area (Å²) >= 11 is 4.99. The van der Waals surface area contributed by atoms with Crippen LogP contribution in [0.3, 0.4) is 0 Å². The number of rotatable bonds is 4. The molecule has 0 amide bonds. The number of benzene rings is 1. The molecule has 0 aromatic heterocycles. The Labute approximate surface area is 93.9 Å². The summed E-state index contributed by atoms with van der Waals surface area (Å²) in [6, 6.07) is 9.48. The fourth-order valence-corrected chi connectivity index (χ4v) is 1.17. The van der Waals surface area contributed by atoms with E-state index in [2.05, 4.69) is 10.6 Å². The molecule has 5 heteroatoms. The van der Waals surface area contributed by atoms with Crippen LogP contribution in [0.1, 0.15) is 0 Å². The number of aliphatic hydroxyl groups is 2. The van der Waals surface area contributed by atoms with Gasteiger partial charge in [-0.05, 0) is 24.4 Å². The smallest absolute Gasteiger partial charge is 0.170 e. The molecule has 0 aliphatic carbocycles. The van der Waals surface area contributed by atoms with E-state index in [1.54, 1.807) is 0 Å². The fraction of sp³-hybridized carbons (Fsp3) is 0.300. The van der Waals surface area contributed by atoms with Crippen molar-refractivity contribution in [2.45, 2.75) is 6.10 Å². The number of hydrogen-bond donors (Lipinski definition) is 4. The quantitative estimate of drug-likeness (QED) is 0.557. The highest BCUT2D eigenvalue weighted by molar-refractivity contribution is 7.80. The number of nitrogens with one attached hydrogen (secondary N) is 2. The second-order valence-electron chi connectivity index (χ2n) is 3.04. The van der Waals surface area contributed by atoms with Crippen molar-refractivity contribution in [2.24, 2.45) is 0 Å². The van der Waals surface area contributed by atoms with Gasteiger partial charge in [0, 0.05) is 12.2 Å². The van der Waals surface area contributed by atoms with Crippen LogP contribution < -0.4 is 10.6 Å². The zero-order valence-corrected chi connectivity index (χ0v) is 9.00. The number of hydrogen-bond acceptors (Lipinski definition) is 3. The van der Waals surface area contributed by atoms with Crippen LogP contribution >= 0.6 is 12.2 Å². The molecule has 0 fully saturated rings. The van der Waals surface area contributed by atoms with Crippen molar-refractivity contribution < 1.29 is 10.2 Å². The number of thiocarbonyl (C=S) groups is 1. The highest BCUT2D eigenvalue weighted by Crippen LogP contribution is 2.04. The Morgan fingerprint density at radius 3 is 2.60 bits per heavy atom. The standard InChI is InChI=1S/C10H14N2O2S/c13-7-9(14)6-11-10(15)12-8-4-2-1-3-5-8/h1-5,9,13-14H,6-7H2,(H2,11,12,15). The van der Waals surface area contributed by atoms with E-state index in [-0.39, 0.29) is 13.2 Å². The van der Waals surface area contributed by atoms with E-state index in [4.69, 9.17) is 22.4 Å². The monoisotopic (exact) mass is 226 g/mol. The van der Waals surface area contributed by atoms with E-state index < -0.39 is 6.10 Å². The van der Waals surface area contributed by atoms with Crippen LogP contribution in [-0.2, 0) is 0 Å². The predicted molar refractivity (Wildman–Crippen MR) is 63.8 cm³/mol. The van der Waals surface area contributed by atoms with Crippen LogP contribution in [0.25, 0.3) is 0 Å². The highest BCUT2D eigenvalue weighted by atomic mass is 32.1. The van der Waals surface area contributed by atoms with E-state index in [0.717, 1.165) is 5.69 Å². The van der Waals surface area contributed by atoms with Crippen LogP contribution in [0, 0.1) is 0 Å². The van der Waals surface area contributed by atoms with Crippen LogP contribution in [-0.4, -0.2) is 34.6 Å². The average molecular weight is 226 g/mol. The molecule has 0 aliphatic heterocycles. The van der Waals surface area contributed by atoms with E-state index in [9.17, 15) is 0 Å². The number of anilines is 1. The largest absolute Gasteiger partial charge is 0.394 e. The summed E-state index contributed by atoms with van der Waals surface area (Å²) < 4.78 is 0. The van der Waals surface area contributed by atoms with Gasteiger partial charge in [0.05, 0.1) is 12.7 Å². The Hall–Kier alpha value is -1.17. The Bertz CT molecular complexity index is 306. The summed E-state index contributed by atoms with van der Waals surface area (Å²) in [6.07, 6.45) is -0.791. The summed E-state index contributed by atoms with van der Waals surface area (Å²) in [5, 5.41) is 23.8. The van der Waals surface area contributed by atoms with E-state index in [1.165, 1.54) is 0 Å². The van der Waals surface area contributed by atoms with Crippen molar-refractivity contribution in [1.29, 1.82) is 0 Å². The Balaban J connectivity index is 2.31. The molecule has 15 heavy (non-hydrogen) atoms. The zero-order valence-electron chi connectivity index (χ0n) is 8.18. The molecule has 4 N–H and O–H groups in total. The van der Waals surface area contributed by atoms with Crippen molar-refractivity contribution in [3.63, 3.8) is 0 Å². The third-order valence-electron chi connectivity index (χ3n) is 1.74. The number of aliphatic hydroxyl groups excluding tert-OH is 2. The van der Waals surface area contributed by atoms with Gasteiger partial charge >= 0.3 is 0 Å². The van der Waals surface area contributed by atoms with Crippen molar-refractivity contribution in [3.8, 4) is 0 Å². The van der Waals surface area contributed by atoms with Gasteiger partial charge in [0.25, 0.3) is 0 Å². The van der Waals surface area contributed by atoms with Crippen LogP contribution in [0.2, 0.25) is 0 Å². The summed E-state index contributed by atoms with van der Waals surface area (Å²) in [7, 11) is 0. The highest BCUT2D eigenvalue weighted by Gasteiger charge is 2.02. The van der Waals surface area contributed by atoms with Crippen molar-refractivity contribution in [1.82, 2.24) is 5.32 Å². The minimum Gasteiger partial charge on any atom is -0.394 e. The van der Waals surface area contributed by atoms with Gasteiger partial charge in [0.1, 0.15) is 0 Å². The Kier molecular flexibility index (Phi) is 5.03. The molecule has 0 aliphatic rings. The third-order valence-corrected chi connectivity index (χ3v) is 1.99. The SMILES string of the molecule is OCC(O)CNC(=S)Nc1ccccc1. The molecule has 1 aromatic rings. The maximum absolute atomic E-state index is 9.07. The first-order valence-electron chi connectivity index (χ1n) is 4.61. The lowest BCUT2D eigenvalue weighted by Gasteiger charge is -2.12. The lowest BCUT2D eigenvalue weighted by Crippen LogP contribution is -2.36. The fourth-order valence-electron chi connectivity index (χ4n) is 0.972. The van der Waals surface area contributed by atoms with Crippen molar-refractivity contribution in [3.05, 3.63) is 30.3 Å². The lowest BCUT2D eigenvalue weighted by atomic mass is 10.3. The topological polar surface area (TPSA) is 64.5 Å².